The van der Waals surface area contributed by atoms with Crippen LogP contribution < -0.4 is 0 Å². The molecule has 0 aliphatic heterocycles. The highest BCUT2D eigenvalue weighted by Crippen LogP contribution is 2.35. The number of rotatable bonds is 2. The van der Waals surface area contributed by atoms with Crippen molar-refractivity contribution in [1.82, 2.24) is 0 Å². The van der Waals surface area contributed by atoms with Gasteiger partial charge < -0.3 is 0 Å². The summed E-state index contributed by atoms with van der Waals surface area (Å²) in [6.45, 7) is 0. The second-order valence-corrected chi connectivity index (χ2v) is 6.10. The average Bonchev–Trinajstić information content (AvgIpc) is 2.69. The molecule has 1 fully saturated rings. The molecule has 0 amide bonds. The summed E-state index contributed by atoms with van der Waals surface area (Å²) in [5.41, 5.74) is 0.741. The van der Waals surface area contributed by atoms with Crippen LogP contribution in [0.3, 0.4) is 0 Å². The SMILES string of the molecule is N#Cc1cc(Br)cc(SC2CCCC2)c1. The minimum Gasteiger partial charge on any atom is -0.192 e. The summed E-state index contributed by atoms with van der Waals surface area (Å²) in [5, 5.41) is 9.62. The highest BCUT2D eigenvalue weighted by Gasteiger charge is 2.16. The van der Waals surface area contributed by atoms with E-state index in [0.29, 0.717) is 0 Å². The molecule has 0 atom stereocenters. The lowest BCUT2D eigenvalue weighted by molar-refractivity contribution is 0.886. The van der Waals surface area contributed by atoms with Crippen molar-refractivity contribution in [2.75, 3.05) is 0 Å². The van der Waals surface area contributed by atoms with E-state index < -0.39 is 0 Å². The fraction of sp³-hybridized carbons (Fsp3) is 0.417. The molecule has 0 unspecified atom stereocenters. The van der Waals surface area contributed by atoms with Gasteiger partial charge in [-0.3, -0.25) is 0 Å². The van der Waals surface area contributed by atoms with Crippen molar-refractivity contribution in [2.45, 2.75) is 35.8 Å². The van der Waals surface area contributed by atoms with E-state index in [1.165, 1.54) is 30.6 Å². The van der Waals surface area contributed by atoms with Gasteiger partial charge in [-0.1, -0.05) is 28.8 Å². The lowest BCUT2D eigenvalue weighted by atomic mass is 10.2. The molecule has 0 N–H and O–H groups in total. The van der Waals surface area contributed by atoms with Crippen LogP contribution in [0, 0.1) is 11.3 Å². The van der Waals surface area contributed by atoms with Crippen molar-refractivity contribution in [1.29, 1.82) is 5.26 Å². The first-order valence-electron chi connectivity index (χ1n) is 5.15. The van der Waals surface area contributed by atoms with Gasteiger partial charge in [0.1, 0.15) is 0 Å². The van der Waals surface area contributed by atoms with Crippen LogP contribution in [0.1, 0.15) is 31.2 Å². The molecule has 1 aromatic carbocycles. The highest BCUT2D eigenvalue weighted by atomic mass is 79.9. The van der Waals surface area contributed by atoms with E-state index in [-0.39, 0.29) is 0 Å². The van der Waals surface area contributed by atoms with Crippen LogP contribution in [-0.4, -0.2) is 5.25 Å². The van der Waals surface area contributed by atoms with Crippen LogP contribution in [0.4, 0.5) is 0 Å². The third-order valence-electron chi connectivity index (χ3n) is 2.61. The van der Waals surface area contributed by atoms with Gasteiger partial charge in [0.15, 0.2) is 0 Å². The smallest absolute Gasteiger partial charge is 0.0992 e. The quantitative estimate of drug-likeness (QED) is 0.805. The topological polar surface area (TPSA) is 23.8 Å². The Bertz CT molecular complexity index is 391. The molecule has 78 valence electrons. The van der Waals surface area contributed by atoms with Crippen LogP contribution >= 0.6 is 27.7 Å². The van der Waals surface area contributed by atoms with Crippen LogP contribution in [0.25, 0.3) is 0 Å². The minimum absolute atomic E-state index is 0.741. The summed E-state index contributed by atoms with van der Waals surface area (Å²) in [4.78, 5) is 1.22. The van der Waals surface area contributed by atoms with E-state index in [1.807, 2.05) is 23.9 Å². The minimum atomic E-state index is 0.741. The Morgan fingerprint density at radius 2 is 2.00 bits per heavy atom. The first-order valence-corrected chi connectivity index (χ1v) is 6.82. The summed E-state index contributed by atoms with van der Waals surface area (Å²) >= 11 is 5.35. The molecule has 0 bridgehead atoms. The molecule has 0 heterocycles. The fourth-order valence-electron chi connectivity index (χ4n) is 1.89. The van der Waals surface area contributed by atoms with E-state index in [1.54, 1.807) is 0 Å². The van der Waals surface area contributed by atoms with E-state index in [9.17, 15) is 0 Å². The van der Waals surface area contributed by atoms with Gasteiger partial charge in [-0.25, -0.2) is 0 Å². The summed E-state index contributed by atoms with van der Waals surface area (Å²) in [5.74, 6) is 0. The molecule has 1 saturated carbocycles. The number of hydrogen-bond donors (Lipinski definition) is 0. The van der Waals surface area contributed by atoms with Gasteiger partial charge in [0.2, 0.25) is 0 Å². The molecule has 3 heteroatoms. The largest absolute Gasteiger partial charge is 0.192 e. The molecule has 1 aromatic rings. The number of thioether (sulfide) groups is 1. The predicted molar refractivity (Wildman–Crippen MR) is 67.0 cm³/mol. The molecule has 0 radical (unpaired) electrons. The molecular formula is C12H12BrNS. The Morgan fingerprint density at radius 1 is 1.27 bits per heavy atom. The lowest BCUT2D eigenvalue weighted by Crippen LogP contribution is -1.93. The Balaban J connectivity index is 2.13. The number of halogens is 1. The molecule has 0 saturated heterocycles. The van der Waals surface area contributed by atoms with Crippen molar-refractivity contribution in [3.05, 3.63) is 28.2 Å². The summed E-state index contributed by atoms with van der Waals surface area (Å²) < 4.78 is 1.00. The van der Waals surface area contributed by atoms with Gasteiger partial charge in [0.05, 0.1) is 11.6 Å². The zero-order valence-corrected chi connectivity index (χ0v) is 10.8. The molecule has 0 spiro atoms. The molecule has 1 nitrogen and oxygen atoms in total. The van der Waals surface area contributed by atoms with Crippen molar-refractivity contribution in [3.8, 4) is 6.07 Å². The number of nitrogens with zero attached hydrogens (tertiary/aromatic N) is 1. The molecule has 15 heavy (non-hydrogen) atoms. The Morgan fingerprint density at radius 3 is 2.67 bits per heavy atom. The average molecular weight is 282 g/mol. The van der Waals surface area contributed by atoms with Crippen molar-refractivity contribution >= 4 is 27.7 Å². The highest BCUT2D eigenvalue weighted by molar-refractivity contribution is 9.10. The van der Waals surface area contributed by atoms with Gasteiger partial charge in [-0.2, -0.15) is 5.26 Å². The maximum absolute atomic E-state index is 8.87. The molecule has 1 aliphatic rings. The maximum atomic E-state index is 8.87. The number of nitriles is 1. The van der Waals surface area contributed by atoms with E-state index in [4.69, 9.17) is 5.26 Å². The second kappa shape index (κ2) is 5.05. The number of hydrogen-bond acceptors (Lipinski definition) is 2. The first-order chi connectivity index (χ1) is 7.28. The zero-order valence-electron chi connectivity index (χ0n) is 8.37. The van der Waals surface area contributed by atoms with Gasteiger partial charge >= 0.3 is 0 Å². The summed E-state index contributed by atoms with van der Waals surface area (Å²) in [6, 6.07) is 8.13. The second-order valence-electron chi connectivity index (χ2n) is 3.81. The summed E-state index contributed by atoms with van der Waals surface area (Å²) in [6.07, 6.45) is 5.35. The van der Waals surface area contributed by atoms with E-state index in [2.05, 4.69) is 28.1 Å². The van der Waals surface area contributed by atoms with Crippen molar-refractivity contribution in [3.63, 3.8) is 0 Å². The van der Waals surface area contributed by atoms with Crippen LogP contribution in [0.5, 0.6) is 0 Å². The Hall–Kier alpha value is -0.460. The van der Waals surface area contributed by atoms with Gasteiger partial charge in [0, 0.05) is 14.6 Å². The van der Waals surface area contributed by atoms with E-state index in [0.717, 1.165) is 15.3 Å². The Kier molecular flexibility index (Phi) is 3.71. The standard InChI is InChI=1S/C12H12BrNS/c13-10-5-9(8-14)6-12(7-10)15-11-3-1-2-4-11/h5-7,11H,1-4H2. The van der Waals surface area contributed by atoms with E-state index >= 15 is 0 Å². The maximum Gasteiger partial charge on any atom is 0.0992 e. The molecule has 2 rings (SSSR count). The van der Waals surface area contributed by atoms with Crippen LogP contribution in [0.2, 0.25) is 0 Å². The predicted octanol–water partition coefficient (Wildman–Crippen LogP) is 4.36. The normalized spacial score (nSPS) is 16.5. The van der Waals surface area contributed by atoms with Crippen molar-refractivity contribution in [2.24, 2.45) is 0 Å². The lowest BCUT2D eigenvalue weighted by Gasteiger charge is -2.08. The van der Waals surface area contributed by atoms with Gasteiger partial charge in [-0.05, 0) is 31.0 Å². The fourth-order valence-corrected chi connectivity index (χ4v) is 3.88. The number of benzene rings is 1. The molecular weight excluding hydrogens is 270 g/mol. The monoisotopic (exact) mass is 281 g/mol. The zero-order chi connectivity index (χ0) is 10.7. The molecule has 1 aliphatic carbocycles. The first kappa shape index (κ1) is 11.0. The third-order valence-corrected chi connectivity index (χ3v) is 4.38. The third kappa shape index (κ3) is 2.99. The van der Waals surface area contributed by atoms with Gasteiger partial charge in [0.25, 0.3) is 0 Å². The van der Waals surface area contributed by atoms with Crippen LogP contribution in [0.15, 0.2) is 27.6 Å². The summed E-state index contributed by atoms with van der Waals surface area (Å²) in [7, 11) is 0. The van der Waals surface area contributed by atoms with Crippen LogP contribution in [-0.2, 0) is 0 Å². The van der Waals surface area contributed by atoms with Crippen molar-refractivity contribution < 1.29 is 0 Å². The Labute approximate surface area is 103 Å². The molecule has 0 aromatic heterocycles. The van der Waals surface area contributed by atoms with Gasteiger partial charge in [-0.15, -0.1) is 11.8 Å².